The lowest BCUT2D eigenvalue weighted by Crippen LogP contribution is -2.30. The van der Waals surface area contributed by atoms with Crippen molar-refractivity contribution < 1.29 is 14.3 Å². The number of hydrogen-bond donors (Lipinski definition) is 2. The number of rotatable bonds is 4. The summed E-state index contributed by atoms with van der Waals surface area (Å²) in [5.74, 6) is -1.09. The van der Waals surface area contributed by atoms with Gasteiger partial charge in [-0.2, -0.15) is 5.26 Å². The zero-order valence-corrected chi connectivity index (χ0v) is 13.4. The van der Waals surface area contributed by atoms with Gasteiger partial charge in [-0.05, 0) is 55.8 Å². The van der Waals surface area contributed by atoms with Gasteiger partial charge in [-0.1, -0.05) is 6.07 Å². The number of nitrogens with two attached hydrogens (primary N) is 1. The molecule has 1 amide bonds. The van der Waals surface area contributed by atoms with Crippen molar-refractivity contribution in [2.24, 2.45) is 0 Å². The number of anilines is 2. The van der Waals surface area contributed by atoms with Crippen molar-refractivity contribution in [3.63, 3.8) is 0 Å². The maximum Gasteiger partial charge on any atom is 0.338 e. The summed E-state index contributed by atoms with van der Waals surface area (Å²) in [6, 6.07) is 13.2. The van der Waals surface area contributed by atoms with Crippen LogP contribution in [0.15, 0.2) is 42.5 Å². The van der Waals surface area contributed by atoms with Crippen LogP contribution < -0.4 is 11.1 Å². The lowest BCUT2D eigenvalue weighted by Gasteiger charge is -2.14. The minimum Gasteiger partial charge on any atom is -0.449 e. The predicted octanol–water partition coefficient (Wildman–Crippen LogP) is 2.63. The molecule has 6 nitrogen and oxygen atoms in total. The van der Waals surface area contributed by atoms with Gasteiger partial charge in [-0.25, -0.2) is 4.79 Å². The average molecular weight is 323 g/mol. The van der Waals surface area contributed by atoms with Crippen molar-refractivity contribution in [1.29, 1.82) is 5.26 Å². The Balaban J connectivity index is 1.98. The SMILES string of the molecule is Cc1ccc(C(=O)O[C@@H](C)C(=O)Nc2ccc(C#N)cc2)cc1N. The van der Waals surface area contributed by atoms with Crippen LogP contribution in [0.2, 0.25) is 0 Å². The zero-order chi connectivity index (χ0) is 17.7. The number of benzene rings is 2. The Morgan fingerprint density at radius 1 is 1.21 bits per heavy atom. The van der Waals surface area contributed by atoms with Crippen molar-refractivity contribution in [3.8, 4) is 6.07 Å². The van der Waals surface area contributed by atoms with E-state index in [0.29, 0.717) is 16.9 Å². The maximum absolute atomic E-state index is 12.1. The summed E-state index contributed by atoms with van der Waals surface area (Å²) in [7, 11) is 0. The Kier molecular flexibility index (Phi) is 5.17. The smallest absolute Gasteiger partial charge is 0.338 e. The molecular weight excluding hydrogens is 306 g/mol. The molecule has 2 aromatic rings. The molecule has 0 saturated carbocycles. The van der Waals surface area contributed by atoms with Gasteiger partial charge >= 0.3 is 5.97 Å². The molecule has 0 fully saturated rings. The van der Waals surface area contributed by atoms with Crippen molar-refractivity contribution in [2.75, 3.05) is 11.1 Å². The molecule has 0 heterocycles. The Bertz CT molecular complexity index is 807. The van der Waals surface area contributed by atoms with Gasteiger partial charge < -0.3 is 15.8 Å². The number of esters is 1. The topological polar surface area (TPSA) is 105 Å². The normalized spacial score (nSPS) is 11.2. The van der Waals surface area contributed by atoms with Crippen LogP contribution in [0, 0.1) is 18.3 Å². The molecule has 0 aliphatic heterocycles. The highest BCUT2D eigenvalue weighted by Gasteiger charge is 2.19. The Hall–Kier alpha value is -3.33. The van der Waals surface area contributed by atoms with E-state index in [1.54, 1.807) is 36.4 Å². The molecule has 0 aliphatic rings. The molecule has 122 valence electrons. The summed E-state index contributed by atoms with van der Waals surface area (Å²) < 4.78 is 5.15. The number of aryl methyl sites for hydroxylation is 1. The van der Waals surface area contributed by atoms with Gasteiger partial charge in [0.05, 0.1) is 17.2 Å². The van der Waals surface area contributed by atoms with E-state index in [1.165, 1.54) is 13.0 Å². The van der Waals surface area contributed by atoms with Crippen LogP contribution in [-0.2, 0) is 9.53 Å². The first-order chi connectivity index (χ1) is 11.4. The highest BCUT2D eigenvalue weighted by Crippen LogP contribution is 2.15. The molecule has 0 spiro atoms. The average Bonchev–Trinajstić information content (AvgIpc) is 2.57. The Morgan fingerprint density at radius 3 is 2.46 bits per heavy atom. The number of amides is 1. The molecule has 0 aliphatic carbocycles. The second kappa shape index (κ2) is 7.29. The molecule has 2 aromatic carbocycles. The van der Waals surface area contributed by atoms with Gasteiger partial charge in [-0.15, -0.1) is 0 Å². The number of carbonyl (C=O) groups excluding carboxylic acids is 2. The van der Waals surface area contributed by atoms with Crippen LogP contribution in [0.5, 0.6) is 0 Å². The third kappa shape index (κ3) is 4.11. The summed E-state index contributed by atoms with van der Waals surface area (Å²) in [6.07, 6.45) is -0.976. The standard InChI is InChI=1S/C18H17N3O3/c1-11-3-6-14(9-16(11)20)18(23)24-12(2)17(22)21-15-7-4-13(10-19)5-8-15/h3-9,12H,20H2,1-2H3,(H,21,22)/t12-/m0/s1. The molecule has 0 aromatic heterocycles. The summed E-state index contributed by atoms with van der Waals surface area (Å²) >= 11 is 0. The van der Waals surface area contributed by atoms with Crippen molar-refractivity contribution in [2.45, 2.75) is 20.0 Å². The number of ether oxygens (including phenoxy) is 1. The van der Waals surface area contributed by atoms with E-state index in [-0.39, 0.29) is 5.56 Å². The number of carbonyl (C=O) groups is 2. The zero-order valence-electron chi connectivity index (χ0n) is 13.4. The van der Waals surface area contributed by atoms with Crippen LogP contribution in [0.3, 0.4) is 0 Å². The van der Waals surface area contributed by atoms with Gasteiger partial charge in [-0.3, -0.25) is 4.79 Å². The molecular formula is C18H17N3O3. The lowest BCUT2D eigenvalue weighted by atomic mass is 10.1. The minimum atomic E-state index is -0.976. The van der Waals surface area contributed by atoms with Gasteiger partial charge in [0, 0.05) is 11.4 Å². The molecule has 0 saturated heterocycles. The lowest BCUT2D eigenvalue weighted by molar-refractivity contribution is -0.123. The number of nitrogen functional groups attached to an aromatic ring is 1. The van der Waals surface area contributed by atoms with E-state index >= 15 is 0 Å². The predicted molar refractivity (Wildman–Crippen MR) is 90.3 cm³/mol. The van der Waals surface area contributed by atoms with Gasteiger partial charge in [0.15, 0.2) is 6.10 Å². The van der Waals surface area contributed by atoms with Crippen LogP contribution in [-0.4, -0.2) is 18.0 Å². The molecule has 3 N–H and O–H groups in total. The van der Waals surface area contributed by atoms with Gasteiger partial charge in [0.25, 0.3) is 5.91 Å². The fraction of sp³-hybridized carbons (Fsp3) is 0.167. The van der Waals surface area contributed by atoms with Gasteiger partial charge in [0.2, 0.25) is 0 Å². The number of nitriles is 1. The fourth-order valence-electron chi connectivity index (χ4n) is 1.92. The summed E-state index contributed by atoms with van der Waals surface area (Å²) in [6.45, 7) is 3.31. The number of nitrogens with one attached hydrogen (secondary N) is 1. The van der Waals surface area contributed by atoms with E-state index in [2.05, 4.69) is 5.32 Å². The molecule has 0 bridgehead atoms. The number of hydrogen-bond acceptors (Lipinski definition) is 5. The summed E-state index contributed by atoms with van der Waals surface area (Å²) in [4.78, 5) is 24.1. The monoisotopic (exact) mass is 323 g/mol. The maximum atomic E-state index is 12.1. The van der Waals surface area contributed by atoms with Crippen LogP contribution in [0.1, 0.15) is 28.4 Å². The van der Waals surface area contributed by atoms with E-state index in [1.807, 2.05) is 13.0 Å². The molecule has 6 heteroatoms. The quantitative estimate of drug-likeness (QED) is 0.664. The van der Waals surface area contributed by atoms with Crippen LogP contribution in [0.25, 0.3) is 0 Å². The van der Waals surface area contributed by atoms with E-state index in [4.69, 9.17) is 15.7 Å². The third-order valence-electron chi connectivity index (χ3n) is 3.45. The first-order valence-electron chi connectivity index (χ1n) is 7.29. The first kappa shape index (κ1) is 17.0. The summed E-state index contributed by atoms with van der Waals surface area (Å²) in [5, 5.41) is 11.4. The second-order valence-corrected chi connectivity index (χ2v) is 5.30. The largest absolute Gasteiger partial charge is 0.449 e. The first-order valence-corrected chi connectivity index (χ1v) is 7.29. The van der Waals surface area contributed by atoms with Crippen molar-refractivity contribution >= 4 is 23.3 Å². The van der Waals surface area contributed by atoms with Crippen molar-refractivity contribution in [3.05, 3.63) is 59.2 Å². The van der Waals surface area contributed by atoms with E-state index < -0.39 is 18.0 Å². The molecule has 2 rings (SSSR count). The molecule has 1 atom stereocenters. The highest BCUT2D eigenvalue weighted by molar-refractivity contribution is 5.97. The van der Waals surface area contributed by atoms with Gasteiger partial charge in [0.1, 0.15) is 0 Å². The van der Waals surface area contributed by atoms with Crippen LogP contribution in [0.4, 0.5) is 11.4 Å². The third-order valence-corrected chi connectivity index (χ3v) is 3.45. The fourth-order valence-corrected chi connectivity index (χ4v) is 1.92. The van der Waals surface area contributed by atoms with Crippen LogP contribution >= 0.6 is 0 Å². The highest BCUT2D eigenvalue weighted by atomic mass is 16.5. The molecule has 0 unspecified atom stereocenters. The second-order valence-electron chi connectivity index (χ2n) is 5.30. The minimum absolute atomic E-state index is 0.288. The van der Waals surface area contributed by atoms with E-state index in [0.717, 1.165) is 5.56 Å². The van der Waals surface area contributed by atoms with Crippen molar-refractivity contribution in [1.82, 2.24) is 0 Å². The number of nitrogens with zero attached hydrogens (tertiary/aromatic N) is 1. The Morgan fingerprint density at radius 2 is 1.88 bits per heavy atom. The molecule has 24 heavy (non-hydrogen) atoms. The Labute approximate surface area is 139 Å². The molecule has 0 radical (unpaired) electrons. The summed E-state index contributed by atoms with van der Waals surface area (Å²) in [5.41, 5.74) is 8.40. The van der Waals surface area contributed by atoms with E-state index in [9.17, 15) is 9.59 Å².